The molecule has 7 heteroatoms. The van der Waals surface area contributed by atoms with Crippen molar-refractivity contribution in [1.82, 2.24) is 9.99 Å². The van der Waals surface area contributed by atoms with Gasteiger partial charge in [-0.2, -0.15) is 0 Å². The van der Waals surface area contributed by atoms with Gasteiger partial charge in [0.15, 0.2) is 12.1 Å². The van der Waals surface area contributed by atoms with Crippen molar-refractivity contribution < 1.29 is 13.9 Å². The Kier molecular flexibility index (Phi) is 5.54. The Balaban J connectivity index is 2.31. The zero-order valence-corrected chi connectivity index (χ0v) is 13.5. The first-order valence-corrected chi connectivity index (χ1v) is 7.71. The standard InChI is InChI=1S/C16H23FN4O2/c1-10-14(23-11-6-4-3-5-7-11)8-12(17)16(20-10)15(18)13(9-22)21(2)19/h8-9,11H,3-7,18-19H2,1-2H3/b15-13-. The number of nitrogens with zero attached hydrogens (tertiary/aromatic N) is 2. The maximum absolute atomic E-state index is 14.4. The molecule has 126 valence electrons. The summed E-state index contributed by atoms with van der Waals surface area (Å²) in [7, 11) is 1.45. The van der Waals surface area contributed by atoms with Gasteiger partial charge in [0, 0.05) is 13.1 Å². The zero-order chi connectivity index (χ0) is 17.0. The smallest absolute Gasteiger partial charge is 0.169 e. The van der Waals surface area contributed by atoms with Crippen LogP contribution in [0.1, 0.15) is 43.5 Å². The van der Waals surface area contributed by atoms with E-state index in [4.69, 9.17) is 16.3 Å². The van der Waals surface area contributed by atoms with Gasteiger partial charge in [0.05, 0.1) is 17.5 Å². The van der Waals surface area contributed by atoms with E-state index in [1.807, 2.05) is 0 Å². The highest BCUT2D eigenvalue weighted by Crippen LogP contribution is 2.27. The van der Waals surface area contributed by atoms with Gasteiger partial charge in [-0.3, -0.25) is 4.79 Å². The highest BCUT2D eigenvalue weighted by atomic mass is 19.1. The first-order chi connectivity index (χ1) is 10.9. The van der Waals surface area contributed by atoms with Gasteiger partial charge in [-0.15, -0.1) is 0 Å². The Hall–Kier alpha value is -2.15. The van der Waals surface area contributed by atoms with Crippen LogP contribution in [0.25, 0.3) is 5.70 Å². The summed E-state index contributed by atoms with van der Waals surface area (Å²) in [6, 6.07) is 1.28. The van der Waals surface area contributed by atoms with Crippen LogP contribution in [0.3, 0.4) is 0 Å². The van der Waals surface area contributed by atoms with Gasteiger partial charge in [-0.05, 0) is 32.6 Å². The van der Waals surface area contributed by atoms with Crippen LogP contribution in [-0.4, -0.2) is 29.4 Å². The van der Waals surface area contributed by atoms with Crippen molar-refractivity contribution >= 4 is 12.0 Å². The lowest BCUT2D eigenvalue weighted by molar-refractivity contribution is -0.106. The van der Waals surface area contributed by atoms with Crippen LogP contribution in [0.15, 0.2) is 11.8 Å². The van der Waals surface area contributed by atoms with E-state index in [0.717, 1.165) is 30.7 Å². The molecule has 0 radical (unpaired) electrons. The molecular formula is C16H23FN4O2. The summed E-state index contributed by atoms with van der Waals surface area (Å²) in [5.74, 6) is 5.29. The molecule has 0 aromatic carbocycles. The second-order valence-electron chi connectivity index (χ2n) is 5.81. The molecule has 6 nitrogen and oxygen atoms in total. The number of carbonyl (C=O) groups is 1. The summed E-state index contributed by atoms with van der Waals surface area (Å²) in [6.45, 7) is 1.72. The Bertz CT molecular complexity index is 610. The lowest BCUT2D eigenvalue weighted by Crippen LogP contribution is -2.29. The van der Waals surface area contributed by atoms with Crippen LogP contribution in [0.4, 0.5) is 4.39 Å². The molecule has 0 spiro atoms. The summed E-state index contributed by atoms with van der Waals surface area (Å²) in [5, 5.41) is 1.03. The van der Waals surface area contributed by atoms with Gasteiger partial charge >= 0.3 is 0 Å². The molecule has 1 aromatic heterocycles. The van der Waals surface area contributed by atoms with Crippen molar-refractivity contribution in [3.8, 4) is 5.75 Å². The van der Waals surface area contributed by atoms with E-state index < -0.39 is 5.82 Å². The lowest BCUT2D eigenvalue weighted by atomic mass is 9.98. The number of carbonyl (C=O) groups excluding carboxylic acids is 1. The number of rotatable bonds is 5. The molecule has 1 aromatic rings. The first-order valence-electron chi connectivity index (χ1n) is 7.71. The Morgan fingerprint density at radius 2 is 2.09 bits per heavy atom. The Labute approximate surface area is 135 Å². The third-order valence-corrected chi connectivity index (χ3v) is 3.99. The average molecular weight is 322 g/mol. The summed E-state index contributed by atoms with van der Waals surface area (Å²) in [5.41, 5.74) is 6.13. The zero-order valence-electron chi connectivity index (χ0n) is 13.5. The third-order valence-electron chi connectivity index (χ3n) is 3.99. The highest BCUT2D eigenvalue weighted by Gasteiger charge is 2.20. The fourth-order valence-electron chi connectivity index (χ4n) is 2.69. The minimum Gasteiger partial charge on any atom is -0.488 e. The van der Waals surface area contributed by atoms with Crippen LogP contribution in [0, 0.1) is 12.7 Å². The minimum atomic E-state index is -0.639. The summed E-state index contributed by atoms with van der Waals surface area (Å²) in [6.07, 6.45) is 5.97. The topological polar surface area (TPSA) is 94.5 Å². The van der Waals surface area contributed by atoms with Crippen molar-refractivity contribution in [2.45, 2.75) is 45.1 Å². The number of pyridine rings is 1. The van der Waals surface area contributed by atoms with Crippen LogP contribution in [0.5, 0.6) is 5.75 Å². The molecule has 23 heavy (non-hydrogen) atoms. The van der Waals surface area contributed by atoms with E-state index in [1.165, 1.54) is 19.5 Å². The summed E-state index contributed by atoms with van der Waals surface area (Å²) >= 11 is 0. The summed E-state index contributed by atoms with van der Waals surface area (Å²) < 4.78 is 20.2. The normalized spacial score (nSPS) is 16.7. The molecule has 4 N–H and O–H groups in total. The molecule has 1 saturated carbocycles. The van der Waals surface area contributed by atoms with Gasteiger partial charge in [0.1, 0.15) is 17.1 Å². The molecule has 0 atom stereocenters. The molecule has 2 rings (SSSR count). The number of hydrogen-bond donors (Lipinski definition) is 2. The van der Waals surface area contributed by atoms with E-state index in [2.05, 4.69) is 4.98 Å². The molecule has 0 bridgehead atoms. The molecule has 1 aliphatic carbocycles. The van der Waals surface area contributed by atoms with E-state index in [-0.39, 0.29) is 23.2 Å². The average Bonchev–Trinajstić information content (AvgIpc) is 2.51. The monoisotopic (exact) mass is 322 g/mol. The Morgan fingerprint density at radius 1 is 1.43 bits per heavy atom. The number of aryl methyl sites for hydroxylation is 1. The van der Waals surface area contributed by atoms with Crippen LogP contribution < -0.4 is 16.3 Å². The first kappa shape index (κ1) is 17.2. The van der Waals surface area contributed by atoms with Gasteiger partial charge in [0.25, 0.3) is 0 Å². The number of aldehydes is 1. The van der Waals surface area contributed by atoms with E-state index >= 15 is 0 Å². The highest BCUT2D eigenvalue weighted by molar-refractivity contribution is 5.85. The van der Waals surface area contributed by atoms with Crippen molar-refractivity contribution in [3.63, 3.8) is 0 Å². The quantitative estimate of drug-likeness (QED) is 0.372. The number of halogens is 1. The fourth-order valence-corrected chi connectivity index (χ4v) is 2.69. The largest absolute Gasteiger partial charge is 0.488 e. The molecular weight excluding hydrogens is 299 g/mol. The summed E-state index contributed by atoms with van der Waals surface area (Å²) in [4.78, 5) is 15.2. The fraction of sp³-hybridized carbons (Fsp3) is 0.500. The van der Waals surface area contributed by atoms with Crippen LogP contribution in [0.2, 0.25) is 0 Å². The third kappa shape index (κ3) is 3.98. The van der Waals surface area contributed by atoms with Crippen molar-refractivity contribution in [2.75, 3.05) is 7.05 Å². The predicted molar refractivity (Wildman–Crippen MR) is 85.6 cm³/mol. The van der Waals surface area contributed by atoms with E-state index in [1.54, 1.807) is 6.92 Å². The molecule has 0 saturated heterocycles. The predicted octanol–water partition coefficient (Wildman–Crippen LogP) is 1.87. The van der Waals surface area contributed by atoms with Crippen LogP contribution >= 0.6 is 0 Å². The molecule has 1 aliphatic rings. The maximum atomic E-state index is 14.4. The number of hydrazine groups is 1. The molecule has 1 heterocycles. The SMILES string of the molecule is Cc1nc(/C(N)=C(\C=O)N(C)N)c(F)cc1OC1CCCCC1. The minimum absolute atomic E-state index is 0.0308. The molecule has 0 aliphatic heterocycles. The number of likely N-dealkylation sites (N-methyl/N-ethyl adjacent to an activating group) is 1. The van der Waals surface area contributed by atoms with Gasteiger partial charge in [-0.1, -0.05) is 6.42 Å². The number of nitrogens with two attached hydrogens (primary N) is 2. The number of aromatic nitrogens is 1. The number of hydrogen-bond acceptors (Lipinski definition) is 6. The Morgan fingerprint density at radius 3 is 2.65 bits per heavy atom. The molecule has 1 fully saturated rings. The van der Waals surface area contributed by atoms with Gasteiger partial charge in [-0.25, -0.2) is 15.2 Å². The van der Waals surface area contributed by atoms with Crippen molar-refractivity contribution in [1.29, 1.82) is 0 Å². The van der Waals surface area contributed by atoms with Crippen molar-refractivity contribution in [3.05, 3.63) is 29.0 Å². The van der Waals surface area contributed by atoms with Gasteiger partial charge in [0.2, 0.25) is 0 Å². The van der Waals surface area contributed by atoms with Crippen LogP contribution in [-0.2, 0) is 4.79 Å². The van der Waals surface area contributed by atoms with E-state index in [9.17, 15) is 9.18 Å². The number of ether oxygens (including phenoxy) is 1. The molecule has 0 amide bonds. The van der Waals surface area contributed by atoms with E-state index in [0.29, 0.717) is 17.7 Å². The second-order valence-corrected chi connectivity index (χ2v) is 5.81. The second kappa shape index (κ2) is 7.41. The number of allylic oxidation sites excluding steroid dienone is 1. The maximum Gasteiger partial charge on any atom is 0.169 e. The van der Waals surface area contributed by atoms with Gasteiger partial charge < -0.3 is 15.5 Å². The lowest BCUT2D eigenvalue weighted by Gasteiger charge is -2.24. The van der Waals surface area contributed by atoms with Crippen molar-refractivity contribution in [2.24, 2.45) is 11.6 Å². The molecule has 0 unspecified atom stereocenters.